The number of rotatable bonds is 5. The summed E-state index contributed by atoms with van der Waals surface area (Å²) in [5.74, 6) is -0.265. The van der Waals surface area contributed by atoms with Crippen molar-refractivity contribution in [3.8, 4) is 0 Å². The molecule has 5 nitrogen and oxygen atoms in total. The lowest BCUT2D eigenvalue weighted by Crippen LogP contribution is -2.18. The summed E-state index contributed by atoms with van der Waals surface area (Å²) in [6, 6.07) is 16.7. The molecule has 0 saturated heterocycles. The molecule has 0 saturated carbocycles. The number of nitrogens with zero attached hydrogens (tertiary/aromatic N) is 3. The molecule has 0 bridgehead atoms. The van der Waals surface area contributed by atoms with Crippen molar-refractivity contribution < 1.29 is 4.79 Å². The summed E-state index contributed by atoms with van der Waals surface area (Å²) in [6.45, 7) is 4.60. The maximum Gasteiger partial charge on any atom is 0.271 e. The van der Waals surface area contributed by atoms with Crippen LogP contribution >= 0.6 is 11.6 Å². The molecule has 0 aliphatic heterocycles. The van der Waals surface area contributed by atoms with Crippen LogP contribution in [0.15, 0.2) is 59.7 Å². The molecule has 0 spiro atoms. The molecule has 1 N–H and O–H groups in total. The van der Waals surface area contributed by atoms with E-state index in [9.17, 15) is 4.79 Å². The van der Waals surface area contributed by atoms with Gasteiger partial charge < -0.3 is 0 Å². The van der Waals surface area contributed by atoms with Crippen LogP contribution in [0, 0.1) is 13.8 Å². The Bertz CT molecular complexity index is 962. The van der Waals surface area contributed by atoms with Crippen molar-refractivity contribution in [1.29, 1.82) is 0 Å². The topological polar surface area (TPSA) is 59.3 Å². The fourth-order valence-corrected chi connectivity index (χ4v) is 2.83. The van der Waals surface area contributed by atoms with Crippen molar-refractivity contribution in [2.75, 3.05) is 0 Å². The Kier molecular flexibility index (Phi) is 5.49. The molecule has 2 aromatic carbocycles. The molecule has 6 heteroatoms. The van der Waals surface area contributed by atoms with Crippen molar-refractivity contribution in [3.05, 3.63) is 87.7 Å². The number of hydrogen-bond donors (Lipinski definition) is 1. The molecule has 1 aromatic heterocycles. The maximum absolute atomic E-state index is 12.3. The van der Waals surface area contributed by atoms with Crippen molar-refractivity contribution in [3.63, 3.8) is 0 Å². The molecular weight excluding hydrogens is 348 g/mol. The van der Waals surface area contributed by atoms with Gasteiger partial charge >= 0.3 is 0 Å². The second kappa shape index (κ2) is 7.97. The van der Waals surface area contributed by atoms with E-state index in [1.54, 1.807) is 24.4 Å². The predicted octanol–water partition coefficient (Wildman–Crippen LogP) is 3.97. The SMILES string of the molecule is Cc1cc(C)n(Cc2cccc(C(=O)N/N=C\c3cccc(Cl)c3)c2)n1. The van der Waals surface area contributed by atoms with Crippen LogP contribution in [0.3, 0.4) is 0 Å². The van der Waals surface area contributed by atoms with Crippen LogP contribution < -0.4 is 5.43 Å². The zero-order chi connectivity index (χ0) is 18.5. The van der Waals surface area contributed by atoms with Crippen LogP contribution in [-0.4, -0.2) is 21.9 Å². The van der Waals surface area contributed by atoms with Crippen molar-refractivity contribution in [2.45, 2.75) is 20.4 Å². The number of aromatic nitrogens is 2. The van der Waals surface area contributed by atoms with Crippen molar-refractivity contribution in [1.82, 2.24) is 15.2 Å². The van der Waals surface area contributed by atoms with Gasteiger partial charge in [-0.2, -0.15) is 10.2 Å². The van der Waals surface area contributed by atoms with E-state index in [4.69, 9.17) is 11.6 Å². The van der Waals surface area contributed by atoms with Gasteiger partial charge in [0.2, 0.25) is 0 Å². The maximum atomic E-state index is 12.3. The molecule has 1 heterocycles. The number of hydrogen-bond acceptors (Lipinski definition) is 3. The molecule has 3 rings (SSSR count). The minimum atomic E-state index is -0.265. The van der Waals surface area contributed by atoms with Crippen LogP contribution in [-0.2, 0) is 6.54 Å². The summed E-state index contributed by atoms with van der Waals surface area (Å²) in [4.78, 5) is 12.3. The third-order valence-corrected chi connectivity index (χ3v) is 4.09. The van der Waals surface area contributed by atoms with Gasteiger partial charge in [0.1, 0.15) is 0 Å². The Morgan fingerprint density at radius 2 is 2.00 bits per heavy atom. The van der Waals surface area contributed by atoms with Crippen LogP contribution in [0.1, 0.15) is 32.9 Å². The summed E-state index contributed by atoms with van der Waals surface area (Å²) < 4.78 is 1.92. The Labute approximate surface area is 157 Å². The number of halogens is 1. The van der Waals surface area contributed by atoms with Gasteiger partial charge in [0.25, 0.3) is 5.91 Å². The summed E-state index contributed by atoms with van der Waals surface area (Å²) in [7, 11) is 0. The largest absolute Gasteiger partial charge is 0.271 e. The molecule has 0 aliphatic carbocycles. The summed E-state index contributed by atoms with van der Waals surface area (Å²) >= 11 is 5.92. The third-order valence-electron chi connectivity index (χ3n) is 3.85. The van der Waals surface area contributed by atoms with E-state index in [2.05, 4.69) is 15.6 Å². The first-order valence-corrected chi connectivity index (χ1v) is 8.58. The highest BCUT2D eigenvalue weighted by Crippen LogP contribution is 2.11. The van der Waals surface area contributed by atoms with E-state index in [1.807, 2.05) is 54.9 Å². The first-order valence-electron chi connectivity index (χ1n) is 8.20. The number of carbonyl (C=O) groups is 1. The van der Waals surface area contributed by atoms with Crippen LogP contribution in [0.25, 0.3) is 0 Å². The minimum absolute atomic E-state index is 0.265. The van der Waals surface area contributed by atoms with Gasteiger partial charge in [0, 0.05) is 16.3 Å². The summed E-state index contributed by atoms with van der Waals surface area (Å²) in [6.07, 6.45) is 1.56. The molecule has 0 radical (unpaired) electrons. The fourth-order valence-electron chi connectivity index (χ4n) is 2.64. The number of carbonyl (C=O) groups excluding carboxylic acids is 1. The Balaban J connectivity index is 1.67. The highest BCUT2D eigenvalue weighted by molar-refractivity contribution is 6.30. The predicted molar refractivity (Wildman–Crippen MR) is 104 cm³/mol. The van der Waals surface area contributed by atoms with Gasteiger partial charge in [-0.25, -0.2) is 5.43 Å². The number of hydrazone groups is 1. The highest BCUT2D eigenvalue weighted by Gasteiger charge is 2.07. The van der Waals surface area contributed by atoms with Gasteiger partial charge in [-0.3, -0.25) is 9.48 Å². The zero-order valence-electron chi connectivity index (χ0n) is 14.6. The zero-order valence-corrected chi connectivity index (χ0v) is 15.4. The van der Waals surface area contributed by atoms with Crippen LogP contribution in [0.4, 0.5) is 0 Å². The second-order valence-electron chi connectivity index (χ2n) is 6.04. The molecule has 0 atom stereocenters. The first kappa shape index (κ1) is 17.9. The number of nitrogens with one attached hydrogen (secondary N) is 1. The molecule has 1 amide bonds. The standard InChI is InChI=1S/C20H19ClN4O/c1-14-9-15(2)25(24-14)13-17-6-3-7-18(10-17)20(26)23-22-12-16-5-4-8-19(21)11-16/h3-12H,13H2,1-2H3,(H,23,26)/b22-12-. The quantitative estimate of drug-likeness (QED) is 0.548. The molecule has 0 aliphatic rings. The number of benzene rings is 2. The molecule has 26 heavy (non-hydrogen) atoms. The number of amides is 1. The van der Waals surface area contributed by atoms with Gasteiger partial charge in [-0.15, -0.1) is 0 Å². The molecule has 0 unspecified atom stereocenters. The third kappa shape index (κ3) is 4.58. The van der Waals surface area contributed by atoms with Gasteiger partial charge in [-0.1, -0.05) is 35.9 Å². The Hall–Kier alpha value is -2.92. The molecule has 0 fully saturated rings. The lowest BCUT2D eigenvalue weighted by atomic mass is 10.1. The number of aryl methyl sites for hydroxylation is 2. The van der Waals surface area contributed by atoms with Crippen LogP contribution in [0.5, 0.6) is 0 Å². The van der Waals surface area contributed by atoms with E-state index >= 15 is 0 Å². The van der Waals surface area contributed by atoms with E-state index < -0.39 is 0 Å². The molecule has 132 valence electrons. The Morgan fingerprint density at radius 3 is 2.73 bits per heavy atom. The van der Waals surface area contributed by atoms with E-state index in [0.29, 0.717) is 17.1 Å². The van der Waals surface area contributed by atoms with Crippen LogP contribution in [0.2, 0.25) is 5.02 Å². The average Bonchev–Trinajstić information content (AvgIpc) is 2.92. The Morgan fingerprint density at radius 1 is 1.19 bits per heavy atom. The minimum Gasteiger partial charge on any atom is -0.267 e. The first-order chi connectivity index (χ1) is 12.5. The molecule has 3 aromatic rings. The highest BCUT2D eigenvalue weighted by atomic mass is 35.5. The second-order valence-corrected chi connectivity index (χ2v) is 6.48. The van der Waals surface area contributed by atoms with E-state index in [1.165, 1.54) is 0 Å². The van der Waals surface area contributed by atoms with Crippen molar-refractivity contribution in [2.24, 2.45) is 5.10 Å². The summed E-state index contributed by atoms with van der Waals surface area (Å²) in [5, 5.41) is 9.06. The normalized spacial score (nSPS) is 11.0. The lowest BCUT2D eigenvalue weighted by Gasteiger charge is -2.06. The molecular formula is C20H19ClN4O. The average molecular weight is 367 g/mol. The van der Waals surface area contributed by atoms with Gasteiger partial charge in [-0.05, 0) is 55.3 Å². The lowest BCUT2D eigenvalue weighted by molar-refractivity contribution is 0.0955. The smallest absolute Gasteiger partial charge is 0.267 e. The van der Waals surface area contributed by atoms with Gasteiger partial charge in [0.05, 0.1) is 18.5 Å². The van der Waals surface area contributed by atoms with Gasteiger partial charge in [0.15, 0.2) is 0 Å². The summed E-state index contributed by atoms with van der Waals surface area (Å²) in [5.41, 5.74) is 6.97. The van der Waals surface area contributed by atoms with E-state index in [0.717, 1.165) is 22.5 Å². The van der Waals surface area contributed by atoms with E-state index in [-0.39, 0.29) is 5.91 Å². The fraction of sp³-hybridized carbons (Fsp3) is 0.150. The monoisotopic (exact) mass is 366 g/mol. The van der Waals surface area contributed by atoms with Crippen molar-refractivity contribution >= 4 is 23.7 Å².